The van der Waals surface area contributed by atoms with Gasteiger partial charge in [-0.2, -0.15) is 0 Å². The Morgan fingerprint density at radius 2 is 2.31 bits per heavy atom. The van der Waals surface area contributed by atoms with Crippen LogP contribution in [-0.4, -0.2) is 4.98 Å². The lowest BCUT2D eigenvalue weighted by molar-refractivity contribution is 0.555. The van der Waals surface area contributed by atoms with E-state index in [9.17, 15) is 4.79 Å². The standard InChI is InChI=1S/C8H7ClN2O2/c9-7(10)4-1-2-6-5(3-4)11-8(12)13-6/h1-3,7H,10H2,(H,11,12). The number of nitrogens with two attached hydrogens (primary N) is 1. The van der Waals surface area contributed by atoms with Crippen LogP contribution in [0.1, 0.15) is 11.1 Å². The van der Waals surface area contributed by atoms with Crippen molar-refractivity contribution in [2.45, 2.75) is 5.50 Å². The number of H-pyrrole nitrogens is 1. The molecule has 0 spiro atoms. The molecule has 1 heterocycles. The van der Waals surface area contributed by atoms with Gasteiger partial charge in [0.1, 0.15) is 5.50 Å². The van der Waals surface area contributed by atoms with E-state index in [1.807, 2.05) is 0 Å². The topological polar surface area (TPSA) is 72.0 Å². The summed E-state index contributed by atoms with van der Waals surface area (Å²) in [7, 11) is 0. The highest BCUT2D eigenvalue weighted by molar-refractivity contribution is 6.20. The van der Waals surface area contributed by atoms with Gasteiger partial charge in [0, 0.05) is 0 Å². The van der Waals surface area contributed by atoms with Gasteiger partial charge in [-0.05, 0) is 17.7 Å². The number of nitrogens with one attached hydrogen (secondary N) is 1. The third-order valence-electron chi connectivity index (χ3n) is 1.76. The maximum atomic E-state index is 10.8. The molecule has 1 unspecified atom stereocenters. The van der Waals surface area contributed by atoms with Crippen molar-refractivity contribution >= 4 is 22.7 Å². The number of rotatable bonds is 1. The van der Waals surface area contributed by atoms with Gasteiger partial charge in [-0.3, -0.25) is 4.98 Å². The van der Waals surface area contributed by atoms with E-state index < -0.39 is 11.3 Å². The van der Waals surface area contributed by atoms with Crippen LogP contribution in [0.4, 0.5) is 0 Å². The highest BCUT2D eigenvalue weighted by atomic mass is 35.5. The van der Waals surface area contributed by atoms with Crippen LogP contribution in [0.5, 0.6) is 0 Å². The third-order valence-corrected chi connectivity index (χ3v) is 2.01. The van der Waals surface area contributed by atoms with E-state index in [0.717, 1.165) is 5.56 Å². The molecule has 68 valence electrons. The zero-order chi connectivity index (χ0) is 9.42. The molecule has 1 atom stereocenters. The molecule has 0 aliphatic carbocycles. The summed E-state index contributed by atoms with van der Waals surface area (Å²) in [6.45, 7) is 0. The van der Waals surface area contributed by atoms with Gasteiger partial charge in [-0.15, -0.1) is 11.6 Å². The molecule has 0 amide bonds. The zero-order valence-corrected chi connectivity index (χ0v) is 7.34. The van der Waals surface area contributed by atoms with Gasteiger partial charge in [0.25, 0.3) is 0 Å². The first-order valence-electron chi connectivity index (χ1n) is 3.69. The lowest BCUT2D eigenvalue weighted by atomic mass is 10.2. The molecule has 1 aromatic heterocycles. The van der Waals surface area contributed by atoms with Gasteiger partial charge in [-0.1, -0.05) is 6.07 Å². The monoisotopic (exact) mass is 198 g/mol. The van der Waals surface area contributed by atoms with Crippen molar-refractivity contribution in [1.29, 1.82) is 0 Å². The number of hydrogen-bond acceptors (Lipinski definition) is 3. The first kappa shape index (κ1) is 8.34. The van der Waals surface area contributed by atoms with Crippen LogP contribution >= 0.6 is 11.6 Å². The Balaban J connectivity index is 2.68. The van der Waals surface area contributed by atoms with Gasteiger partial charge in [0.2, 0.25) is 0 Å². The minimum atomic E-state index is -0.567. The van der Waals surface area contributed by atoms with Crippen molar-refractivity contribution in [3.8, 4) is 0 Å². The molecule has 0 bridgehead atoms. The van der Waals surface area contributed by atoms with Gasteiger partial charge in [-0.25, -0.2) is 4.79 Å². The van der Waals surface area contributed by atoms with Gasteiger partial charge in [0.05, 0.1) is 5.52 Å². The van der Waals surface area contributed by atoms with Crippen LogP contribution in [0, 0.1) is 0 Å². The molecule has 0 saturated heterocycles. The number of aromatic nitrogens is 1. The van der Waals surface area contributed by atoms with E-state index in [2.05, 4.69) is 4.98 Å². The van der Waals surface area contributed by atoms with Crippen molar-refractivity contribution in [2.24, 2.45) is 5.73 Å². The summed E-state index contributed by atoms with van der Waals surface area (Å²) >= 11 is 5.67. The van der Waals surface area contributed by atoms with Crippen molar-refractivity contribution in [1.82, 2.24) is 4.98 Å². The maximum absolute atomic E-state index is 10.8. The van der Waals surface area contributed by atoms with Gasteiger partial charge in [0.15, 0.2) is 5.58 Å². The maximum Gasteiger partial charge on any atom is 0.417 e. The van der Waals surface area contributed by atoms with E-state index in [4.69, 9.17) is 21.8 Å². The van der Waals surface area contributed by atoms with Crippen LogP contribution in [0.2, 0.25) is 0 Å². The lowest BCUT2D eigenvalue weighted by Gasteiger charge is -2.01. The van der Waals surface area contributed by atoms with E-state index in [1.165, 1.54) is 0 Å². The number of oxazole rings is 1. The Labute approximate surface area is 78.3 Å². The number of hydrogen-bond donors (Lipinski definition) is 2. The van der Waals surface area contributed by atoms with Crippen LogP contribution < -0.4 is 11.5 Å². The van der Waals surface area contributed by atoms with Crippen molar-refractivity contribution < 1.29 is 4.42 Å². The Kier molecular flexibility index (Phi) is 1.86. The Morgan fingerprint density at radius 3 is 3.00 bits per heavy atom. The van der Waals surface area contributed by atoms with E-state index in [1.54, 1.807) is 18.2 Å². The largest absolute Gasteiger partial charge is 0.417 e. The lowest BCUT2D eigenvalue weighted by Crippen LogP contribution is -2.01. The number of fused-ring (bicyclic) bond motifs is 1. The molecule has 2 aromatic rings. The van der Waals surface area contributed by atoms with Crippen LogP contribution in [0.15, 0.2) is 27.4 Å². The predicted octanol–water partition coefficient (Wildman–Crippen LogP) is 1.32. The zero-order valence-electron chi connectivity index (χ0n) is 6.58. The molecule has 0 radical (unpaired) electrons. The van der Waals surface area contributed by atoms with Crippen LogP contribution in [-0.2, 0) is 0 Å². The molecule has 0 saturated carbocycles. The van der Waals surface area contributed by atoms with Crippen LogP contribution in [0.25, 0.3) is 11.1 Å². The fourth-order valence-electron chi connectivity index (χ4n) is 1.14. The van der Waals surface area contributed by atoms with Crippen molar-refractivity contribution in [3.63, 3.8) is 0 Å². The highest BCUT2D eigenvalue weighted by Crippen LogP contribution is 2.18. The summed E-state index contributed by atoms with van der Waals surface area (Å²) in [6, 6.07) is 5.07. The molecule has 3 N–H and O–H groups in total. The summed E-state index contributed by atoms with van der Waals surface area (Å²) in [4.78, 5) is 13.3. The molecule has 0 aliphatic rings. The summed E-state index contributed by atoms with van der Waals surface area (Å²) < 4.78 is 4.81. The molecule has 0 aliphatic heterocycles. The van der Waals surface area contributed by atoms with E-state index in [0.29, 0.717) is 11.1 Å². The first-order valence-corrected chi connectivity index (χ1v) is 4.13. The minimum absolute atomic E-state index is 0.477. The van der Waals surface area contributed by atoms with Gasteiger partial charge < -0.3 is 10.2 Å². The second kappa shape index (κ2) is 2.90. The number of benzene rings is 1. The number of aromatic amines is 1. The Bertz CT molecular complexity index is 486. The van der Waals surface area contributed by atoms with Crippen molar-refractivity contribution in [3.05, 3.63) is 34.3 Å². The second-order valence-corrected chi connectivity index (χ2v) is 3.14. The third kappa shape index (κ3) is 1.46. The molecule has 5 heteroatoms. The van der Waals surface area contributed by atoms with Gasteiger partial charge >= 0.3 is 5.76 Å². The fourth-order valence-corrected chi connectivity index (χ4v) is 1.28. The number of halogens is 1. The smallest absolute Gasteiger partial charge is 0.408 e. The molecular weight excluding hydrogens is 192 g/mol. The fraction of sp³-hybridized carbons (Fsp3) is 0.125. The predicted molar refractivity (Wildman–Crippen MR) is 49.6 cm³/mol. The summed E-state index contributed by atoms with van der Waals surface area (Å²) in [5, 5.41) is 0. The van der Waals surface area contributed by atoms with E-state index >= 15 is 0 Å². The van der Waals surface area contributed by atoms with Crippen LogP contribution in [0.3, 0.4) is 0 Å². The summed E-state index contributed by atoms with van der Waals surface area (Å²) in [6.07, 6.45) is 0. The van der Waals surface area contributed by atoms with Crippen molar-refractivity contribution in [2.75, 3.05) is 0 Å². The Morgan fingerprint density at radius 1 is 1.54 bits per heavy atom. The molecular formula is C8H7ClN2O2. The molecule has 1 aromatic carbocycles. The molecule has 0 fully saturated rings. The highest BCUT2D eigenvalue weighted by Gasteiger charge is 2.05. The SMILES string of the molecule is NC(Cl)c1ccc2oc(=O)[nH]c2c1. The molecule has 13 heavy (non-hydrogen) atoms. The normalized spacial score (nSPS) is 13.4. The quantitative estimate of drug-likeness (QED) is 0.536. The summed E-state index contributed by atoms with van der Waals surface area (Å²) in [5.74, 6) is -0.477. The first-order chi connectivity index (χ1) is 6.16. The Hall–Kier alpha value is -1.26. The molecule has 2 rings (SSSR count). The molecule has 4 nitrogen and oxygen atoms in total. The number of alkyl halides is 1. The minimum Gasteiger partial charge on any atom is -0.408 e. The van der Waals surface area contributed by atoms with E-state index in [-0.39, 0.29) is 0 Å². The second-order valence-electron chi connectivity index (χ2n) is 2.67. The summed E-state index contributed by atoms with van der Waals surface area (Å²) in [5.41, 5.74) is 6.74. The average molecular weight is 199 g/mol. The average Bonchev–Trinajstić information content (AvgIpc) is 2.42.